The maximum atomic E-state index is 12.8. The summed E-state index contributed by atoms with van der Waals surface area (Å²) in [5.74, 6) is 0. The first-order chi connectivity index (χ1) is 15.9. The van der Waals surface area contributed by atoms with E-state index >= 15 is 0 Å². The van der Waals surface area contributed by atoms with Crippen LogP contribution in [0.1, 0.15) is 23.8 Å². The number of sulfone groups is 1. The summed E-state index contributed by atoms with van der Waals surface area (Å²) < 4.78 is 61.1. The Balaban J connectivity index is 1.70. The number of aliphatic hydroxyl groups excluding tert-OH is 2. The van der Waals surface area contributed by atoms with Gasteiger partial charge >= 0.3 is 11.5 Å². The van der Waals surface area contributed by atoms with Gasteiger partial charge in [0.05, 0.1) is 22.2 Å². The quantitative estimate of drug-likeness (QED) is 0.626. The number of aromatic nitrogens is 1. The maximum absolute atomic E-state index is 12.8. The Labute approximate surface area is 198 Å². The number of carbonyl (C=O) groups excluding carboxylic acids is 1. The van der Waals surface area contributed by atoms with Crippen molar-refractivity contribution in [3.63, 3.8) is 0 Å². The van der Waals surface area contributed by atoms with E-state index in [1.165, 1.54) is 29.1 Å². The molecule has 8 nitrogen and oxygen atoms in total. The third-order valence-electron chi connectivity index (χ3n) is 5.33. The number of anilines is 1. The fourth-order valence-electron chi connectivity index (χ4n) is 3.34. The summed E-state index contributed by atoms with van der Waals surface area (Å²) in [6, 6.07) is 4.96. The molecule has 2 aromatic rings. The molecule has 0 fully saturated rings. The van der Waals surface area contributed by atoms with Crippen molar-refractivity contribution in [1.29, 1.82) is 0 Å². The Morgan fingerprint density at radius 3 is 2.44 bits per heavy atom. The van der Waals surface area contributed by atoms with Crippen LogP contribution in [-0.2, 0) is 9.84 Å². The SMILES string of the molecule is CN(C(=O)N1CC=C(c2ncc([C@@H](O)CO)cc2Cl)CC1)c1ccc(S(=O)(=O)C(F)(F)F)cc1. The van der Waals surface area contributed by atoms with Crippen molar-refractivity contribution < 1.29 is 36.6 Å². The van der Waals surface area contributed by atoms with Gasteiger partial charge in [-0.3, -0.25) is 9.88 Å². The van der Waals surface area contributed by atoms with E-state index in [-0.39, 0.29) is 12.2 Å². The van der Waals surface area contributed by atoms with Crippen LogP contribution in [0.5, 0.6) is 0 Å². The molecule has 0 saturated heterocycles. The van der Waals surface area contributed by atoms with Crippen molar-refractivity contribution >= 4 is 38.7 Å². The van der Waals surface area contributed by atoms with E-state index in [0.717, 1.165) is 29.8 Å². The molecule has 1 aliphatic rings. The lowest BCUT2D eigenvalue weighted by atomic mass is 10.0. The smallest absolute Gasteiger partial charge is 0.393 e. The summed E-state index contributed by atoms with van der Waals surface area (Å²) in [7, 11) is -4.04. The average Bonchev–Trinajstić information content (AvgIpc) is 2.82. The van der Waals surface area contributed by atoms with Crippen LogP contribution >= 0.6 is 11.6 Å². The molecule has 0 spiro atoms. The topological polar surface area (TPSA) is 111 Å². The van der Waals surface area contributed by atoms with Crippen molar-refractivity contribution in [2.75, 3.05) is 31.6 Å². The molecule has 1 aliphatic heterocycles. The van der Waals surface area contributed by atoms with E-state index in [1.54, 1.807) is 6.08 Å². The first kappa shape index (κ1) is 25.9. The molecule has 2 N–H and O–H groups in total. The van der Waals surface area contributed by atoms with Crippen LogP contribution < -0.4 is 4.90 Å². The molecule has 2 amide bonds. The van der Waals surface area contributed by atoms with E-state index in [9.17, 15) is 31.5 Å². The summed E-state index contributed by atoms with van der Waals surface area (Å²) in [5, 5.41) is 19.0. The minimum absolute atomic E-state index is 0.220. The number of benzene rings is 1. The minimum atomic E-state index is -5.47. The third-order valence-corrected chi connectivity index (χ3v) is 7.12. The van der Waals surface area contributed by atoms with Gasteiger partial charge in [0.2, 0.25) is 0 Å². The maximum Gasteiger partial charge on any atom is 0.501 e. The van der Waals surface area contributed by atoms with Gasteiger partial charge in [-0.25, -0.2) is 13.2 Å². The summed E-state index contributed by atoms with van der Waals surface area (Å²) in [4.78, 5) is 18.9. The van der Waals surface area contributed by atoms with Crippen LogP contribution in [0, 0.1) is 0 Å². The normalized spacial score (nSPS) is 15.6. The fourth-order valence-corrected chi connectivity index (χ4v) is 4.40. The molecule has 0 saturated carbocycles. The van der Waals surface area contributed by atoms with Gasteiger partial charge in [0, 0.05) is 37.6 Å². The molecule has 0 radical (unpaired) electrons. The van der Waals surface area contributed by atoms with Crippen molar-refractivity contribution in [3.8, 4) is 0 Å². The standard InChI is InChI=1S/C21H21ClF3N3O5S/c1-27(15-2-4-16(5-3-15)34(32,33)21(23,24)25)20(31)28-8-6-13(7-9-28)19-17(22)10-14(11-26-19)18(30)12-29/h2-6,10-11,18,29-30H,7-9,12H2,1H3/t18-/m0/s1. The van der Waals surface area contributed by atoms with Gasteiger partial charge < -0.3 is 15.1 Å². The first-order valence-electron chi connectivity index (χ1n) is 9.94. The van der Waals surface area contributed by atoms with Gasteiger partial charge in [0.15, 0.2) is 0 Å². The molecule has 1 atom stereocenters. The molecule has 0 bridgehead atoms. The summed E-state index contributed by atoms with van der Waals surface area (Å²) in [6.07, 6.45) is 2.52. The number of hydrogen-bond donors (Lipinski definition) is 2. The van der Waals surface area contributed by atoms with Crippen LogP contribution in [0.25, 0.3) is 5.57 Å². The lowest BCUT2D eigenvalue weighted by Crippen LogP contribution is -2.43. The summed E-state index contributed by atoms with van der Waals surface area (Å²) >= 11 is 6.27. The van der Waals surface area contributed by atoms with Crippen LogP contribution in [-0.4, -0.2) is 66.8 Å². The zero-order valence-corrected chi connectivity index (χ0v) is 19.4. The predicted octanol–water partition coefficient (Wildman–Crippen LogP) is 3.40. The number of amides is 2. The second kappa shape index (κ2) is 9.90. The Hall–Kier alpha value is -2.67. The van der Waals surface area contributed by atoms with E-state index in [2.05, 4.69) is 4.98 Å². The van der Waals surface area contributed by atoms with Crippen LogP contribution in [0.2, 0.25) is 5.02 Å². The van der Waals surface area contributed by atoms with Gasteiger partial charge in [0.1, 0.15) is 6.10 Å². The van der Waals surface area contributed by atoms with Gasteiger partial charge in [-0.15, -0.1) is 0 Å². The molecule has 184 valence electrons. The van der Waals surface area contributed by atoms with E-state index in [0.29, 0.717) is 29.2 Å². The zero-order chi connectivity index (χ0) is 25.3. The number of halogens is 4. The summed E-state index contributed by atoms with van der Waals surface area (Å²) in [6.45, 7) is 0.0676. The lowest BCUT2D eigenvalue weighted by molar-refractivity contribution is -0.0436. The van der Waals surface area contributed by atoms with E-state index in [1.807, 2.05) is 0 Å². The number of nitrogens with zero attached hydrogens (tertiary/aromatic N) is 3. The third kappa shape index (κ3) is 5.19. The number of rotatable bonds is 5. The molecule has 13 heteroatoms. The van der Waals surface area contributed by atoms with Gasteiger partial charge in [-0.1, -0.05) is 17.7 Å². The zero-order valence-electron chi connectivity index (χ0n) is 17.8. The van der Waals surface area contributed by atoms with Crippen molar-refractivity contribution in [1.82, 2.24) is 9.88 Å². The number of urea groups is 1. The molecule has 2 heterocycles. The number of pyridine rings is 1. The molecule has 0 unspecified atom stereocenters. The fraction of sp³-hybridized carbons (Fsp3) is 0.333. The summed E-state index contributed by atoms with van der Waals surface area (Å²) in [5.41, 5.74) is -3.52. The van der Waals surface area contributed by atoms with Gasteiger partial charge in [-0.05, 0) is 42.3 Å². The largest absolute Gasteiger partial charge is 0.501 e. The Morgan fingerprint density at radius 2 is 1.94 bits per heavy atom. The number of hydrogen-bond acceptors (Lipinski definition) is 6. The number of alkyl halides is 3. The second-order valence-electron chi connectivity index (χ2n) is 7.51. The molecule has 1 aromatic carbocycles. The highest BCUT2D eigenvalue weighted by atomic mass is 35.5. The van der Waals surface area contributed by atoms with Crippen LogP contribution in [0.15, 0.2) is 47.5 Å². The molecule has 3 rings (SSSR count). The van der Waals surface area contributed by atoms with Gasteiger partial charge in [-0.2, -0.15) is 13.2 Å². The molecular weight excluding hydrogens is 499 g/mol. The highest BCUT2D eigenvalue weighted by Gasteiger charge is 2.46. The highest BCUT2D eigenvalue weighted by Crippen LogP contribution is 2.32. The van der Waals surface area contributed by atoms with E-state index in [4.69, 9.17) is 16.7 Å². The van der Waals surface area contributed by atoms with E-state index < -0.39 is 39.0 Å². The monoisotopic (exact) mass is 519 g/mol. The Bertz CT molecular complexity index is 1200. The Morgan fingerprint density at radius 1 is 1.29 bits per heavy atom. The van der Waals surface area contributed by atoms with Crippen LogP contribution in [0.4, 0.5) is 23.7 Å². The minimum Gasteiger partial charge on any atom is -0.393 e. The first-order valence-corrected chi connectivity index (χ1v) is 11.8. The lowest BCUT2D eigenvalue weighted by Gasteiger charge is -2.31. The number of aliphatic hydroxyl groups is 2. The second-order valence-corrected chi connectivity index (χ2v) is 9.86. The highest BCUT2D eigenvalue weighted by molar-refractivity contribution is 7.92. The number of carbonyl (C=O) groups is 1. The molecular formula is C21H21ClF3N3O5S. The molecule has 34 heavy (non-hydrogen) atoms. The molecule has 1 aromatic heterocycles. The average molecular weight is 520 g/mol. The Kier molecular flexibility index (Phi) is 7.56. The predicted molar refractivity (Wildman–Crippen MR) is 119 cm³/mol. The van der Waals surface area contributed by atoms with Crippen molar-refractivity contribution in [2.24, 2.45) is 0 Å². The van der Waals surface area contributed by atoms with Crippen molar-refractivity contribution in [3.05, 3.63) is 58.9 Å². The van der Waals surface area contributed by atoms with Crippen LogP contribution in [0.3, 0.4) is 0 Å². The van der Waals surface area contributed by atoms with Gasteiger partial charge in [0.25, 0.3) is 9.84 Å². The molecule has 0 aliphatic carbocycles. The van der Waals surface area contributed by atoms with Crippen molar-refractivity contribution in [2.45, 2.75) is 22.9 Å².